The molecule has 0 fully saturated rings. The first-order valence-corrected chi connectivity index (χ1v) is 8.67. The summed E-state index contributed by atoms with van der Waals surface area (Å²) < 4.78 is 26.9. The van der Waals surface area contributed by atoms with Crippen LogP contribution in [0.5, 0.6) is 0 Å². The van der Waals surface area contributed by atoms with Crippen molar-refractivity contribution in [3.8, 4) is 0 Å². The summed E-state index contributed by atoms with van der Waals surface area (Å²) in [5.41, 5.74) is 5.49. The normalized spacial score (nSPS) is 13.2. The zero-order chi connectivity index (χ0) is 14.8. The summed E-state index contributed by atoms with van der Waals surface area (Å²) in [4.78, 5) is 2.30. The quantitative estimate of drug-likeness (QED) is 0.877. The number of aryl methyl sites for hydroxylation is 2. The van der Waals surface area contributed by atoms with Gasteiger partial charge in [0.25, 0.3) is 0 Å². The van der Waals surface area contributed by atoms with Gasteiger partial charge in [-0.25, -0.2) is 8.42 Å². The van der Waals surface area contributed by atoms with Crippen LogP contribution in [0.15, 0.2) is 11.0 Å². The summed E-state index contributed by atoms with van der Waals surface area (Å²) in [6.45, 7) is 11.0. The molecule has 4 nitrogen and oxygen atoms in total. The first-order valence-electron chi connectivity index (χ1n) is 6.41. The second kappa shape index (κ2) is 5.91. The highest BCUT2D eigenvalue weighted by Gasteiger charge is 2.30. The number of nitrogens with zero attached hydrogens (tertiary/aromatic N) is 1. The molecule has 0 aliphatic rings. The Labute approximate surface area is 120 Å². The van der Waals surface area contributed by atoms with E-state index in [4.69, 9.17) is 5.73 Å². The van der Waals surface area contributed by atoms with Crippen molar-refractivity contribution < 1.29 is 8.42 Å². The molecule has 1 rings (SSSR count). The van der Waals surface area contributed by atoms with Gasteiger partial charge in [-0.15, -0.1) is 11.3 Å². The highest BCUT2D eigenvalue weighted by Crippen LogP contribution is 2.29. The van der Waals surface area contributed by atoms with E-state index in [1.165, 1.54) is 15.6 Å². The highest BCUT2D eigenvalue weighted by molar-refractivity contribution is 7.89. The molecule has 1 aromatic heterocycles. The van der Waals surface area contributed by atoms with Crippen molar-refractivity contribution in [3.05, 3.63) is 15.8 Å². The molecule has 6 heteroatoms. The Morgan fingerprint density at radius 1 is 1.37 bits per heavy atom. The Balaban J connectivity index is 3.13. The number of hydrogen-bond acceptors (Lipinski definition) is 4. The minimum absolute atomic E-state index is 0.220. The second-order valence-electron chi connectivity index (χ2n) is 5.58. The molecule has 0 aliphatic heterocycles. The van der Waals surface area contributed by atoms with Crippen molar-refractivity contribution in [1.29, 1.82) is 0 Å². The van der Waals surface area contributed by atoms with Crippen molar-refractivity contribution in [1.82, 2.24) is 4.31 Å². The summed E-state index contributed by atoms with van der Waals surface area (Å²) in [5, 5.41) is 0. The van der Waals surface area contributed by atoms with Crippen molar-refractivity contribution in [2.24, 2.45) is 11.1 Å². The van der Waals surface area contributed by atoms with Crippen LogP contribution in [0.25, 0.3) is 0 Å². The molecule has 2 N–H and O–H groups in total. The first-order chi connectivity index (χ1) is 8.64. The van der Waals surface area contributed by atoms with Crippen LogP contribution in [0.3, 0.4) is 0 Å². The van der Waals surface area contributed by atoms with Crippen LogP contribution in [0.2, 0.25) is 0 Å². The monoisotopic (exact) mass is 304 g/mol. The summed E-state index contributed by atoms with van der Waals surface area (Å²) in [6, 6.07) is 1.76. The van der Waals surface area contributed by atoms with E-state index in [0.29, 0.717) is 24.5 Å². The molecule has 19 heavy (non-hydrogen) atoms. The third-order valence-electron chi connectivity index (χ3n) is 3.12. The fourth-order valence-corrected chi connectivity index (χ4v) is 5.07. The topological polar surface area (TPSA) is 63.4 Å². The van der Waals surface area contributed by atoms with Gasteiger partial charge in [-0.3, -0.25) is 0 Å². The van der Waals surface area contributed by atoms with Gasteiger partial charge in [0, 0.05) is 22.8 Å². The zero-order valence-electron chi connectivity index (χ0n) is 12.4. The molecule has 0 amide bonds. The van der Waals surface area contributed by atoms with Crippen LogP contribution in [0.4, 0.5) is 0 Å². The molecule has 1 aromatic rings. The Morgan fingerprint density at radius 2 is 1.95 bits per heavy atom. The summed E-state index contributed by atoms with van der Waals surface area (Å²) in [7, 11) is -3.42. The third kappa shape index (κ3) is 3.78. The van der Waals surface area contributed by atoms with E-state index >= 15 is 0 Å². The van der Waals surface area contributed by atoms with Crippen LogP contribution >= 0.6 is 11.3 Å². The smallest absolute Gasteiger partial charge is 0.244 e. The SMILES string of the molecule is CCN(CC(C)(C)CN)S(=O)(=O)c1cc(C)sc1C. The lowest BCUT2D eigenvalue weighted by atomic mass is 9.94. The standard InChI is InChI=1S/C13H24N2O2S2/c1-6-15(9-13(4,5)8-14)19(16,17)12-7-10(2)18-11(12)3/h7H,6,8-9,14H2,1-5H3. The lowest BCUT2D eigenvalue weighted by Crippen LogP contribution is -2.41. The average molecular weight is 304 g/mol. The molecule has 0 saturated carbocycles. The maximum atomic E-state index is 12.7. The van der Waals surface area contributed by atoms with Gasteiger partial charge in [0.05, 0.1) is 4.90 Å². The van der Waals surface area contributed by atoms with Gasteiger partial charge in [-0.05, 0) is 31.9 Å². The molecule has 0 unspecified atom stereocenters. The lowest BCUT2D eigenvalue weighted by molar-refractivity contribution is 0.273. The molecule has 0 spiro atoms. The number of hydrogen-bond donors (Lipinski definition) is 1. The second-order valence-corrected chi connectivity index (χ2v) is 8.94. The Bertz CT molecular complexity index is 533. The number of rotatable bonds is 6. The Kier molecular flexibility index (Phi) is 5.17. The lowest BCUT2D eigenvalue weighted by Gasteiger charge is -2.30. The van der Waals surface area contributed by atoms with Gasteiger partial charge in [0.2, 0.25) is 10.0 Å². The van der Waals surface area contributed by atoms with E-state index in [1.807, 2.05) is 34.6 Å². The van der Waals surface area contributed by atoms with Crippen LogP contribution in [0, 0.1) is 19.3 Å². The van der Waals surface area contributed by atoms with Crippen molar-refractivity contribution in [2.75, 3.05) is 19.6 Å². The maximum Gasteiger partial charge on any atom is 0.244 e. The van der Waals surface area contributed by atoms with E-state index in [2.05, 4.69) is 0 Å². The van der Waals surface area contributed by atoms with Gasteiger partial charge in [-0.1, -0.05) is 20.8 Å². The van der Waals surface area contributed by atoms with Gasteiger partial charge >= 0.3 is 0 Å². The molecular formula is C13H24N2O2S2. The van der Waals surface area contributed by atoms with Crippen molar-refractivity contribution in [3.63, 3.8) is 0 Å². The molecule has 0 aromatic carbocycles. The minimum Gasteiger partial charge on any atom is -0.330 e. The predicted octanol–water partition coefficient (Wildman–Crippen LogP) is 2.36. The van der Waals surface area contributed by atoms with Gasteiger partial charge in [0.15, 0.2) is 0 Å². The van der Waals surface area contributed by atoms with Gasteiger partial charge in [-0.2, -0.15) is 4.31 Å². The molecule has 0 radical (unpaired) electrons. The average Bonchev–Trinajstić information content (AvgIpc) is 2.66. The molecule has 0 saturated heterocycles. The van der Waals surface area contributed by atoms with E-state index in [0.717, 1.165) is 9.75 Å². The first kappa shape index (κ1) is 16.6. The van der Waals surface area contributed by atoms with Gasteiger partial charge in [0.1, 0.15) is 0 Å². The van der Waals surface area contributed by atoms with Gasteiger partial charge < -0.3 is 5.73 Å². The van der Waals surface area contributed by atoms with Crippen LogP contribution in [0.1, 0.15) is 30.5 Å². The fourth-order valence-electron chi connectivity index (χ4n) is 1.91. The number of sulfonamides is 1. The third-order valence-corrected chi connectivity index (χ3v) is 6.27. The highest BCUT2D eigenvalue weighted by atomic mass is 32.2. The van der Waals surface area contributed by atoms with E-state index in [-0.39, 0.29) is 5.41 Å². The molecule has 0 bridgehead atoms. The molecule has 1 heterocycles. The van der Waals surface area contributed by atoms with Crippen LogP contribution in [-0.4, -0.2) is 32.4 Å². The summed E-state index contributed by atoms with van der Waals surface area (Å²) >= 11 is 1.52. The van der Waals surface area contributed by atoms with E-state index < -0.39 is 10.0 Å². The maximum absolute atomic E-state index is 12.7. The number of thiophene rings is 1. The Morgan fingerprint density at radius 3 is 2.32 bits per heavy atom. The zero-order valence-corrected chi connectivity index (χ0v) is 14.0. The predicted molar refractivity (Wildman–Crippen MR) is 81.1 cm³/mol. The fraction of sp³-hybridized carbons (Fsp3) is 0.692. The van der Waals surface area contributed by atoms with E-state index in [9.17, 15) is 8.42 Å². The van der Waals surface area contributed by atoms with Crippen molar-refractivity contribution >= 4 is 21.4 Å². The van der Waals surface area contributed by atoms with Crippen LogP contribution < -0.4 is 5.73 Å². The van der Waals surface area contributed by atoms with E-state index in [1.54, 1.807) is 6.07 Å². The number of nitrogens with two attached hydrogens (primary N) is 1. The molecule has 0 atom stereocenters. The molecule has 0 aliphatic carbocycles. The molecular weight excluding hydrogens is 280 g/mol. The summed E-state index contributed by atoms with van der Waals surface area (Å²) in [6.07, 6.45) is 0. The minimum atomic E-state index is -3.42. The Hall–Kier alpha value is -0.430. The summed E-state index contributed by atoms with van der Waals surface area (Å²) in [5.74, 6) is 0. The largest absolute Gasteiger partial charge is 0.330 e. The van der Waals surface area contributed by atoms with Crippen molar-refractivity contribution in [2.45, 2.75) is 39.5 Å². The molecule has 110 valence electrons. The van der Waals surface area contributed by atoms with Crippen LogP contribution in [-0.2, 0) is 10.0 Å².